The maximum absolute atomic E-state index is 14.0. The number of imidazole rings is 1. The van der Waals surface area contributed by atoms with Gasteiger partial charge in [-0.2, -0.15) is 0 Å². The number of fused-ring (bicyclic) bond motifs is 2. The van der Waals surface area contributed by atoms with Gasteiger partial charge in [-0.05, 0) is 106 Å². The molecule has 0 atom stereocenters. The number of hydrogen-bond acceptors (Lipinski definition) is 5. The Morgan fingerprint density at radius 2 is 1.83 bits per heavy atom. The zero-order valence-corrected chi connectivity index (χ0v) is 27.1. The molecule has 2 saturated carbocycles. The summed E-state index contributed by atoms with van der Waals surface area (Å²) in [5.74, 6) is 1.39. The van der Waals surface area contributed by atoms with E-state index in [1.807, 2.05) is 43.5 Å². The molecule has 0 bridgehead atoms. The van der Waals surface area contributed by atoms with E-state index in [0.717, 1.165) is 82.2 Å². The number of ether oxygens (including phenoxy) is 1. The molecule has 1 N–H and O–H groups in total. The summed E-state index contributed by atoms with van der Waals surface area (Å²) in [4.78, 5) is 35.0. The smallest absolute Gasteiger partial charge is 0.252 e. The van der Waals surface area contributed by atoms with Crippen LogP contribution in [0.4, 0.5) is 0 Å². The number of ketones is 1. The number of nitrogens with one attached hydrogen (secondary N) is 1. The third-order valence-corrected chi connectivity index (χ3v) is 10.1. The van der Waals surface area contributed by atoms with Crippen molar-refractivity contribution in [1.29, 1.82) is 0 Å². The Bertz CT molecular complexity index is 2010. The topological polar surface area (TPSA) is 91.0 Å². The second-order valence-corrected chi connectivity index (χ2v) is 13.0. The van der Waals surface area contributed by atoms with Gasteiger partial charge in [-0.1, -0.05) is 31.4 Å². The molecule has 46 heavy (non-hydrogen) atoms. The molecule has 0 radical (unpaired) electrons. The maximum atomic E-state index is 14.0. The number of aryl methyl sites for hydroxylation is 2. The highest BCUT2D eigenvalue weighted by Gasteiger charge is 2.44. The molecule has 2 aliphatic rings. The Morgan fingerprint density at radius 1 is 1.02 bits per heavy atom. The van der Waals surface area contributed by atoms with E-state index in [-0.39, 0.29) is 11.7 Å². The lowest BCUT2D eigenvalue weighted by atomic mass is 9.75. The molecule has 3 aromatic heterocycles. The first kappa shape index (κ1) is 30.0. The Morgan fingerprint density at radius 3 is 2.54 bits per heavy atom. The van der Waals surface area contributed by atoms with Gasteiger partial charge in [0.2, 0.25) is 5.88 Å². The van der Waals surface area contributed by atoms with Gasteiger partial charge in [0.1, 0.15) is 5.82 Å². The quantitative estimate of drug-likeness (QED) is 0.180. The number of pyridine rings is 1. The van der Waals surface area contributed by atoms with Gasteiger partial charge < -0.3 is 19.2 Å². The highest BCUT2D eigenvalue weighted by atomic mass is 16.5. The second kappa shape index (κ2) is 11.9. The van der Waals surface area contributed by atoms with Crippen LogP contribution in [0.3, 0.4) is 0 Å². The minimum atomic E-state index is -0.535. The molecule has 3 heterocycles. The number of nitrogens with zero attached hydrogens (tertiary/aromatic N) is 4. The summed E-state index contributed by atoms with van der Waals surface area (Å²) in [6, 6.07) is 16.6. The minimum absolute atomic E-state index is 0.00823. The number of hydrogen-bond donors (Lipinski definition) is 1. The number of carbonyl (C=O) groups excluding carboxylic acids is 2. The van der Waals surface area contributed by atoms with Gasteiger partial charge in [0.15, 0.2) is 5.78 Å². The summed E-state index contributed by atoms with van der Waals surface area (Å²) in [7, 11) is 3.68. The molecule has 8 heteroatoms. The summed E-state index contributed by atoms with van der Waals surface area (Å²) in [6.45, 7) is 3.69. The van der Waals surface area contributed by atoms with Gasteiger partial charge in [-0.3, -0.25) is 9.59 Å². The second-order valence-electron chi connectivity index (χ2n) is 13.0. The molecule has 1 amide bonds. The number of rotatable bonds is 8. The van der Waals surface area contributed by atoms with Gasteiger partial charge in [0.25, 0.3) is 5.91 Å². The molecule has 8 nitrogen and oxygen atoms in total. The van der Waals surface area contributed by atoms with Gasteiger partial charge >= 0.3 is 0 Å². The van der Waals surface area contributed by atoms with Crippen LogP contribution in [0.5, 0.6) is 5.88 Å². The zero-order chi connectivity index (χ0) is 32.0. The van der Waals surface area contributed by atoms with E-state index in [9.17, 15) is 9.59 Å². The van der Waals surface area contributed by atoms with Crippen molar-refractivity contribution in [3.63, 3.8) is 0 Å². The average molecular weight is 616 g/mol. The normalized spacial score (nSPS) is 16.6. The van der Waals surface area contributed by atoms with E-state index >= 15 is 0 Å². The van der Waals surface area contributed by atoms with Crippen LogP contribution in [0.25, 0.3) is 39.3 Å². The van der Waals surface area contributed by atoms with Crippen LogP contribution in [0.2, 0.25) is 0 Å². The van der Waals surface area contributed by atoms with Crippen molar-refractivity contribution in [1.82, 2.24) is 24.4 Å². The monoisotopic (exact) mass is 615 g/mol. The summed E-state index contributed by atoms with van der Waals surface area (Å²) >= 11 is 0. The first-order chi connectivity index (χ1) is 22.3. The number of methoxy groups -OCH3 is 1. The lowest BCUT2D eigenvalue weighted by Crippen LogP contribution is -2.52. The first-order valence-electron chi connectivity index (χ1n) is 16.4. The molecule has 0 spiro atoms. The third-order valence-electron chi connectivity index (χ3n) is 10.1. The minimum Gasteiger partial charge on any atom is -0.481 e. The van der Waals surface area contributed by atoms with Crippen LogP contribution >= 0.6 is 0 Å². The van der Waals surface area contributed by atoms with Crippen LogP contribution in [-0.4, -0.2) is 37.9 Å². The fraction of sp³-hybridized carbons (Fsp3) is 0.368. The number of allylic oxidation sites excluding steroid dienone is 1. The first-order valence-corrected chi connectivity index (χ1v) is 16.4. The standard InChI is InChI=1S/C38H41N5O3/c1-24(44)13-14-26-15-17-31-33(22-26)42(3)37(40-31)38(19-9-20-38)41-35(45)27-16-18-32-30(23-27)25(2)34(29-12-8-21-39-36(29)46-4)43(32)28-10-6-5-7-11-28/h8,12-18,21-23,28H,5-7,9-11,19-20H2,1-4H3,(H,41,45)/b14-13+. The Labute approximate surface area is 269 Å². The molecule has 0 aliphatic heterocycles. The fourth-order valence-electron chi connectivity index (χ4n) is 7.58. The number of amides is 1. The molecule has 2 fully saturated rings. The van der Waals surface area contributed by atoms with E-state index in [1.165, 1.54) is 19.3 Å². The van der Waals surface area contributed by atoms with Crippen LogP contribution in [0, 0.1) is 6.92 Å². The Balaban J connectivity index is 1.26. The van der Waals surface area contributed by atoms with Crippen LogP contribution in [0.15, 0.2) is 60.8 Å². The fourth-order valence-corrected chi connectivity index (χ4v) is 7.58. The van der Waals surface area contributed by atoms with E-state index < -0.39 is 5.54 Å². The summed E-state index contributed by atoms with van der Waals surface area (Å²) in [6.07, 6.45) is 13.8. The molecule has 2 aliphatic carbocycles. The highest BCUT2D eigenvalue weighted by Crippen LogP contribution is 2.44. The molecule has 5 aromatic rings. The predicted octanol–water partition coefficient (Wildman–Crippen LogP) is 7.82. The van der Waals surface area contributed by atoms with E-state index in [0.29, 0.717) is 17.5 Å². The van der Waals surface area contributed by atoms with Crippen molar-refractivity contribution in [3.8, 4) is 17.1 Å². The van der Waals surface area contributed by atoms with Gasteiger partial charge in [-0.25, -0.2) is 9.97 Å². The molecular weight excluding hydrogens is 574 g/mol. The van der Waals surface area contributed by atoms with E-state index in [2.05, 4.69) is 44.6 Å². The molecule has 0 unspecified atom stereocenters. The predicted molar refractivity (Wildman–Crippen MR) is 182 cm³/mol. The van der Waals surface area contributed by atoms with E-state index in [1.54, 1.807) is 26.3 Å². The summed E-state index contributed by atoms with van der Waals surface area (Å²) in [5.41, 5.74) is 7.27. The van der Waals surface area contributed by atoms with Gasteiger partial charge in [0, 0.05) is 35.8 Å². The highest BCUT2D eigenvalue weighted by molar-refractivity contribution is 6.01. The molecule has 7 rings (SSSR count). The van der Waals surface area contributed by atoms with Gasteiger partial charge in [0.05, 0.1) is 34.9 Å². The van der Waals surface area contributed by atoms with Gasteiger partial charge in [-0.15, -0.1) is 0 Å². The molecule has 0 saturated heterocycles. The van der Waals surface area contributed by atoms with Crippen LogP contribution < -0.4 is 10.1 Å². The number of benzene rings is 2. The van der Waals surface area contributed by atoms with Crippen LogP contribution in [0.1, 0.15) is 91.6 Å². The van der Waals surface area contributed by atoms with E-state index in [4.69, 9.17) is 9.72 Å². The Hall–Kier alpha value is -4.72. The number of aromatic nitrogens is 4. The summed E-state index contributed by atoms with van der Waals surface area (Å²) in [5, 5.41) is 4.50. The van der Waals surface area contributed by atoms with Crippen molar-refractivity contribution >= 4 is 39.7 Å². The Kier molecular flexibility index (Phi) is 7.75. The lowest BCUT2D eigenvalue weighted by Gasteiger charge is -2.41. The molecule has 2 aromatic carbocycles. The van der Waals surface area contributed by atoms with Crippen molar-refractivity contribution in [2.45, 2.75) is 76.8 Å². The maximum Gasteiger partial charge on any atom is 0.252 e. The summed E-state index contributed by atoms with van der Waals surface area (Å²) < 4.78 is 10.3. The average Bonchev–Trinajstić information content (AvgIpc) is 3.54. The molecule has 236 valence electrons. The van der Waals surface area contributed by atoms with Crippen molar-refractivity contribution in [2.75, 3.05) is 7.11 Å². The van der Waals surface area contributed by atoms with Crippen LogP contribution in [-0.2, 0) is 17.4 Å². The molecular formula is C38H41N5O3. The number of carbonyl (C=O) groups is 2. The van der Waals surface area contributed by atoms with Crippen molar-refractivity contribution in [2.24, 2.45) is 7.05 Å². The van der Waals surface area contributed by atoms with Crippen molar-refractivity contribution < 1.29 is 14.3 Å². The largest absolute Gasteiger partial charge is 0.481 e. The SMILES string of the molecule is COc1ncccc1-c1c(C)c2cc(C(=O)NC3(c4nc5ccc(/C=C/C(C)=O)cc5n4C)CCC3)ccc2n1C1CCCCC1. The van der Waals surface area contributed by atoms with Crippen molar-refractivity contribution in [3.05, 3.63) is 83.3 Å². The third kappa shape index (κ3) is 5.10. The zero-order valence-electron chi connectivity index (χ0n) is 27.1. The lowest BCUT2D eigenvalue weighted by molar-refractivity contribution is -0.112.